The number of fused-ring (bicyclic) bond motifs is 3. The van der Waals surface area contributed by atoms with Gasteiger partial charge in [-0.2, -0.15) is 0 Å². The van der Waals surface area contributed by atoms with E-state index < -0.39 is 6.04 Å². The lowest BCUT2D eigenvalue weighted by Crippen LogP contribution is -2.35. The van der Waals surface area contributed by atoms with Crippen molar-refractivity contribution in [2.75, 3.05) is 10.6 Å². The zero-order valence-electron chi connectivity index (χ0n) is 12.1. The van der Waals surface area contributed by atoms with E-state index in [4.69, 9.17) is 0 Å². The molecule has 0 saturated carbocycles. The first-order valence-electron chi connectivity index (χ1n) is 7.20. The van der Waals surface area contributed by atoms with Gasteiger partial charge in [0.15, 0.2) is 0 Å². The second-order valence-electron chi connectivity index (χ2n) is 5.29. The lowest BCUT2D eigenvalue weighted by atomic mass is 10.1. The van der Waals surface area contributed by atoms with E-state index in [0.717, 1.165) is 11.0 Å². The van der Waals surface area contributed by atoms with Crippen LogP contribution in [-0.2, 0) is 9.59 Å². The molecule has 23 heavy (non-hydrogen) atoms. The molecule has 4 rings (SSSR count). The monoisotopic (exact) mass is 307 g/mol. The van der Waals surface area contributed by atoms with Gasteiger partial charge in [-0.3, -0.25) is 24.5 Å². The van der Waals surface area contributed by atoms with E-state index in [1.54, 1.807) is 29.1 Å². The van der Waals surface area contributed by atoms with Gasteiger partial charge in [0.05, 0.1) is 17.5 Å². The van der Waals surface area contributed by atoms with Crippen molar-refractivity contribution in [1.82, 2.24) is 14.5 Å². The summed E-state index contributed by atoms with van der Waals surface area (Å²) in [5, 5.41) is 5.54. The van der Waals surface area contributed by atoms with Crippen LogP contribution in [0.4, 0.5) is 11.6 Å². The molecule has 3 heterocycles. The third-order valence-electron chi connectivity index (χ3n) is 3.79. The normalized spacial score (nSPS) is 16.7. The molecule has 1 aliphatic heterocycles. The number of nitrogens with one attached hydrogen (secondary N) is 2. The minimum Gasteiger partial charge on any atom is -0.324 e. The van der Waals surface area contributed by atoms with E-state index in [0.29, 0.717) is 11.6 Å². The summed E-state index contributed by atoms with van der Waals surface area (Å²) in [6, 6.07) is 10.3. The Labute approximate surface area is 131 Å². The first kappa shape index (κ1) is 13.4. The number of anilines is 2. The molecule has 1 aliphatic rings. The Morgan fingerprint density at radius 1 is 1.22 bits per heavy atom. The Bertz CT molecular complexity index is 903. The molecule has 0 spiro atoms. The fourth-order valence-corrected chi connectivity index (χ4v) is 2.76. The standard InChI is InChI=1S/C16H13N5O2/c22-14-9-13(15(23)18-10-5-7-17-8-6-10)21-12-4-2-1-3-11(12)19-16(21)20-14/h1-8,13H,9H2,(H,17,18,23)(H,19,20,22)/t13-/m1/s1. The molecular weight excluding hydrogens is 294 g/mol. The van der Waals surface area contributed by atoms with Crippen LogP contribution in [0.5, 0.6) is 0 Å². The zero-order chi connectivity index (χ0) is 15.8. The highest BCUT2D eigenvalue weighted by Gasteiger charge is 2.32. The summed E-state index contributed by atoms with van der Waals surface area (Å²) in [4.78, 5) is 32.9. The van der Waals surface area contributed by atoms with Crippen molar-refractivity contribution in [3.63, 3.8) is 0 Å². The fraction of sp³-hybridized carbons (Fsp3) is 0.125. The first-order chi connectivity index (χ1) is 11.2. The molecule has 114 valence electrons. The van der Waals surface area contributed by atoms with Gasteiger partial charge in [0.2, 0.25) is 17.8 Å². The highest BCUT2D eigenvalue weighted by molar-refractivity contribution is 6.02. The van der Waals surface area contributed by atoms with Crippen LogP contribution in [0.15, 0.2) is 48.8 Å². The average Bonchev–Trinajstić information content (AvgIpc) is 2.93. The highest BCUT2D eigenvalue weighted by Crippen LogP contribution is 2.30. The molecular formula is C16H13N5O2. The summed E-state index contributed by atoms with van der Waals surface area (Å²) in [6.45, 7) is 0. The lowest BCUT2D eigenvalue weighted by molar-refractivity contribution is -0.124. The van der Waals surface area contributed by atoms with E-state index in [-0.39, 0.29) is 18.2 Å². The Hall–Kier alpha value is -3.22. The highest BCUT2D eigenvalue weighted by atomic mass is 16.2. The molecule has 0 aliphatic carbocycles. The van der Waals surface area contributed by atoms with E-state index in [2.05, 4.69) is 20.6 Å². The maximum atomic E-state index is 12.7. The number of carbonyl (C=O) groups excluding carboxylic acids is 2. The van der Waals surface area contributed by atoms with E-state index in [1.807, 2.05) is 24.3 Å². The SMILES string of the molecule is O=C1C[C@H](C(=O)Nc2ccncc2)n2c(nc3ccccc32)N1. The number of amides is 2. The largest absolute Gasteiger partial charge is 0.324 e. The summed E-state index contributed by atoms with van der Waals surface area (Å²) in [5.74, 6) is -0.0736. The molecule has 2 N–H and O–H groups in total. The zero-order valence-corrected chi connectivity index (χ0v) is 12.1. The van der Waals surface area contributed by atoms with E-state index in [9.17, 15) is 9.59 Å². The maximum absolute atomic E-state index is 12.7. The number of nitrogens with zero attached hydrogens (tertiary/aromatic N) is 3. The van der Waals surface area contributed by atoms with Crippen LogP contribution >= 0.6 is 0 Å². The van der Waals surface area contributed by atoms with Crippen molar-refractivity contribution < 1.29 is 9.59 Å². The second-order valence-corrected chi connectivity index (χ2v) is 5.29. The molecule has 0 unspecified atom stereocenters. The summed E-state index contributed by atoms with van der Waals surface area (Å²) >= 11 is 0. The smallest absolute Gasteiger partial charge is 0.248 e. The number of pyridine rings is 1. The Balaban J connectivity index is 1.75. The van der Waals surface area contributed by atoms with Crippen LogP contribution in [0.3, 0.4) is 0 Å². The Kier molecular flexibility index (Phi) is 3.04. The van der Waals surface area contributed by atoms with Gasteiger partial charge in [-0.15, -0.1) is 0 Å². The minimum absolute atomic E-state index is 0.0737. The number of hydrogen-bond donors (Lipinski definition) is 2. The lowest BCUT2D eigenvalue weighted by Gasteiger charge is -2.24. The number of aromatic nitrogens is 3. The summed E-state index contributed by atoms with van der Waals surface area (Å²) in [6.07, 6.45) is 3.27. The molecule has 0 bridgehead atoms. The topological polar surface area (TPSA) is 88.9 Å². The number of hydrogen-bond acceptors (Lipinski definition) is 4. The average molecular weight is 307 g/mol. The van der Waals surface area contributed by atoms with Crippen molar-refractivity contribution >= 4 is 34.5 Å². The summed E-state index contributed by atoms with van der Waals surface area (Å²) in [7, 11) is 0. The predicted octanol–water partition coefficient (Wildman–Crippen LogP) is 1.95. The van der Waals surface area contributed by atoms with Crippen molar-refractivity contribution in [3.8, 4) is 0 Å². The number of para-hydroxylation sites is 2. The molecule has 0 radical (unpaired) electrons. The van der Waals surface area contributed by atoms with Gasteiger partial charge in [0, 0.05) is 18.1 Å². The number of benzene rings is 1. The number of imidazole rings is 1. The Morgan fingerprint density at radius 3 is 2.83 bits per heavy atom. The molecule has 0 fully saturated rings. The van der Waals surface area contributed by atoms with Crippen LogP contribution in [0.2, 0.25) is 0 Å². The fourth-order valence-electron chi connectivity index (χ4n) is 2.76. The number of rotatable bonds is 2. The van der Waals surface area contributed by atoms with E-state index >= 15 is 0 Å². The van der Waals surface area contributed by atoms with Gasteiger partial charge in [-0.25, -0.2) is 4.98 Å². The van der Waals surface area contributed by atoms with Gasteiger partial charge >= 0.3 is 0 Å². The van der Waals surface area contributed by atoms with Crippen molar-refractivity contribution in [1.29, 1.82) is 0 Å². The van der Waals surface area contributed by atoms with Crippen molar-refractivity contribution in [3.05, 3.63) is 48.8 Å². The molecule has 0 saturated heterocycles. The van der Waals surface area contributed by atoms with Crippen LogP contribution in [0.25, 0.3) is 11.0 Å². The van der Waals surface area contributed by atoms with Crippen LogP contribution in [-0.4, -0.2) is 26.3 Å². The predicted molar refractivity (Wildman–Crippen MR) is 84.9 cm³/mol. The molecule has 2 aromatic heterocycles. The van der Waals surface area contributed by atoms with Crippen LogP contribution in [0, 0.1) is 0 Å². The molecule has 7 heteroatoms. The maximum Gasteiger partial charge on any atom is 0.248 e. The summed E-state index contributed by atoms with van der Waals surface area (Å²) < 4.78 is 1.77. The molecule has 1 aromatic carbocycles. The first-order valence-corrected chi connectivity index (χ1v) is 7.20. The third kappa shape index (κ3) is 2.32. The van der Waals surface area contributed by atoms with Crippen LogP contribution < -0.4 is 10.6 Å². The molecule has 1 atom stereocenters. The second kappa shape index (κ2) is 5.20. The van der Waals surface area contributed by atoms with Gasteiger partial charge in [0.25, 0.3) is 0 Å². The van der Waals surface area contributed by atoms with Gasteiger partial charge < -0.3 is 5.32 Å². The molecule has 7 nitrogen and oxygen atoms in total. The van der Waals surface area contributed by atoms with Crippen molar-refractivity contribution in [2.45, 2.75) is 12.5 Å². The van der Waals surface area contributed by atoms with Gasteiger partial charge in [-0.05, 0) is 24.3 Å². The van der Waals surface area contributed by atoms with E-state index in [1.165, 1.54) is 0 Å². The van der Waals surface area contributed by atoms with Gasteiger partial charge in [-0.1, -0.05) is 12.1 Å². The third-order valence-corrected chi connectivity index (χ3v) is 3.79. The van der Waals surface area contributed by atoms with Crippen LogP contribution in [0.1, 0.15) is 12.5 Å². The quantitative estimate of drug-likeness (QED) is 0.757. The Morgan fingerprint density at radius 2 is 2.00 bits per heavy atom. The molecule has 3 aromatic rings. The molecule has 2 amide bonds. The van der Waals surface area contributed by atoms with Gasteiger partial charge in [0.1, 0.15) is 6.04 Å². The minimum atomic E-state index is -0.640. The number of carbonyl (C=O) groups is 2. The summed E-state index contributed by atoms with van der Waals surface area (Å²) in [5.41, 5.74) is 2.20. The van der Waals surface area contributed by atoms with Crippen molar-refractivity contribution in [2.24, 2.45) is 0 Å².